The van der Waals surface area contributed by atoms with E-state index in [1.807, 2.05) is 32.0 Å². The number of benzene rings is 1. The summed E-state index contributed by atoms with van der Waals surface area (Å²) in [7, 11) is 1.72. The van der Waals surface area contributed by atoms with Crippen LogP contribution in [0, 0.1) is 18.3 Å². The lowest BCUT2D eigenvalue weighted by molar-refractivity contribution is -0.128. The molecule has 4 heteroatoms. The molecule has 0 heterocycles. The van der Waals surface area contributed by atoms with Crippen LogP contribution in [0.5, 0.6) is 5.75 Å². The van der Waals surface area contributed by atoms with Crippen molar-refractivity contribution in [1.82, 2.24) is 4.90 Å². The standard InChI is InChI=1S/C15H20N2O2/c1-4-19-14-6-5-13(11-12(14)2)8-10-17(3)15(18)7-9-16/h5-6,11H,4,7-8,10H2,1-3H3. The van der Waals surface area contributed by atoms with Gasteiger partial charge in [0.1, 0.15) is 12.2 Å². The van der Waals surface area contributed by atoms with Gasteiger partial charge in [0.25, 0.3) is 0 Å². The molecule has 102 valence electrons. The quantitative estimate of drug-likeness (QED) is 0.788. The molecule has 0 radical (unpaired) electrons. The van der Waals surface area contributed by atoms with Crippen molar-refractivity contribution < 1.29 is 9.53 Å². The third-order valence-corrected chi connectivity index (χ3v) is 2.93. The van der Waals surface area contributed by atoms with Crippen molar-refractivity contribution in [2.75, 3.05) is 20.2 Å². The number of aryl methyl sites for hydroxylation is 1. The lowest BCUT2D eigenvalue weighted by atomic mass is 10.1. The van der Waals surface area contributed by atoms with Gasteiger partial charge in [-0.1, -0.05) is 12.1 Å². The van der Waals surface area contributed by atoms with Gasteiger partial charge in [0.05, 0.1) is 12.7 Å². The highest BCUT2D eigenvalue weighted by molar-refractivity contribution is 5.77. The molecule has 0 aromatic heterocycles. The molecule has 0 saturated carbocycles. The zero-order valence-corrected chi connectivity index (χ0v) is 11.8. The zero-order valence-electron chi connectivity index (χ0n) is 11.8. The van der Waals surface area contributed by atoms with Crippen LogP contribution in [0.1, 0.15) is 24.5 Å². The van der Waals surface area contributed by atoms with Gasteiger partial charge in [0.2, 0.25) is 5.91 Å². The van der Waals surface area contributed by atoms with Gasteiger partial charge in [-0.05, 0) is 37.5 Å². The van der Waals surface area contributed by atoms with Crippen LogP contribution in [0.3, 0.4) is 0 Å². The molecule has 1 amide bonds. The second kappa shape index (κ2) is 7.42. The van der Waals surface area contributed by atoms with Gasteiger partial charge in [-0.2, -0.15) is 5.26 Å². The Hall–Kier alpha value is -2.02. The van der Waals surface area contributed by atoms with E-state index in [1.165, 1.54) is 0 Å². The van der Waals surface area contributed by atoms with E-state index in [0.717, 1.165) is 23.3 Å². The minimum absolute atomic E-state index is 0.0567. The molecule has 0 aliphatic carbocycles. The van der Waals surface area contributed by atoms with E-state index < -0.39 is 0 Å². The molecule has 0 fully saturated rings. The van der Waals surface area contributed by atoms with E-state index in [4.69, 9.17) is 10.00 Å². The van der Waals surface area contributed by atoms with Crippen LogP contribution < -0.4 is 4.74 Å². The molecule has 1 rings (SSSR count). The maximum atomic E-state index is 11.5. The van der Waals surface area contributed by atoms with Gasteiger partial charge in [-0.25, -0.2) is 0 Å². The van der Waals surface area contributed by atoms with Gasteiger partial charge in [0, 0.05) is 13.6 Å². The highest BCUT2D eigenvalue weighted by Crippen LogP contribution is 2.19. The number of carbonyl (C=O) groups excluding carboxylic acids is 1. The number of ether oxygens (including phenoxy) is 1. The van der Waals surface area contributed by atoms with Crippen molar-refractivity contribution in [3.05, 3.63) is 29.3 Å². The molecule has 0 unspecified atom stereocenters. The van der Waals surface area contributed by atoms with E-state index in [9.17, 15) is 4.79 Å². The number of nitrogens with zero attached hydrogens (tertiary/aromatic N) is 2. The predicted molar refractivity (Wildman–Crippen MR) is 73.9 cm³/mol. The van der Waals surface area contributed by atoms with Crippen LogP contribution in [-0.2, 0) is 11.2 Å². The van der Waals surface area contributed by atoms with Crippen molar-refractivity contribution in [1.29, 1.82) is 5.26 Å². The van der Waals surface area contributed by atoms with Crippen molar-refractivity contribution in [3.63, 3.8) is 0 Å². The molecular formula is C15H20N2O2. The minimum atomic E-state index is -0.134. The maximum absolute atomic E-state index is 11.5. The van der Waals surface area contributed by atoms with Gasteiger partial charge in [0.15, 0.2) is 0 Å². The Morgan fingerprint density at radius 1 is 1.47 bits per heavy atom. The van der Waals surface area contributed by atoms with Crippen LogP contribution in [0.15, 0.2) is 18.2 Å². The Bertz CT molecular complexity index is 478. The van der Waals surface area contributed by atoms with Crippen molar-refractivity contribution in [2.24, 2.45) is 0 Å². The third kappa shape index (κ3) is 4.63. The fraction of sp³-hybridized carbons (Fsp3) is 0.467. The van der Waals surface area contributed by atoms with E-state index >= 15 is 0 Å². The third-order valence-electron chi connectivity index (χ3n) is 2.93. The van der Waals surface area contributed by atoms with Crippen molar-refractivity contribution in [2.45, 2.75) is 26.7 Å². The van der Waals surface area contributed by atoms with Crippen LogP contribution in [0.2, 0.25) is 0 Å². The molecular weight excluding hydrogens is 240 g/mol. The van der Waals surface area contributed by atoms with Gasteiger partial charge in [-0.3, -0.25) is 4.79 Å². The number of amides is 1. The summed E-state index contributed by atoms with van der Waals surface area (Å²) in [5.41, 5.74) is 2.27. The van der Waals surface area contributed by atoms with Crippen LogP contribution in [0.25, 0.3) is 0 Å². The number of carbonyl (C=O) groups is 1. The summed E-state index contributed by atoms with van der Waals surface area (Å²) >= 11 is 0. The number of hydrogen-bond acceptors (Lipinski definition) is 3. The minimum Gasteiger partial charge on any atom is -0.494 e. The fourth-order valence-corrected chi connectivity index (χ4v) is 1.81. The zero-order chi connectivity index (χ0) is 14.3. The fourth-order valence-electron chi connectivity index (χ4n) is 1.81. The number of hydrogen-bond donors (Lipinski definition) is 0. The Morgan fingerprint density at radius 3 is 2.79 bits per heavy atom. The van der Waals surface area contributed by atoms with E-state index in [1.54, 1.807) is 11.9 Å². The summed E-state index contributed by atoms with van der Waals surface area (Å²) in [6.45, 7) is 5.25. The van der Waals surface area contributed by atoms with E-state index in [2.05, 4.69) is 6.07 Å². The van der Waals surface area contributed by atoms with Gasteiger partial charge >= 0.3 is 0 Å². The molecule has 0 atom stereocenters. The first kappa shape index (κ1) is 15.0. The van der Waals surface area contributed by atoms with Crippen molar-refractivity contribution >= 4 is 5.91 Å². The Kier molecular flexibility index (Phi) is 5.87. The summed E-state index contributed by atoms with van der Waals surface area (Å²) in [6, 6.07) is 7.92. The highest BCUT2D eigenvalue weighted by atomic mass is 16.5. The monoisotopic (exact) mass is 260 g/mol. The second-order valence-corrected chi connectivity index (χ2v) is 4.43. The average molecular weight is 260 g/mol. The van der Waals surface area contributed by atoms with Gasteiger partial charge < -0.3 is 9.64 Å². The number of nitriles is 1. The second-order valence-electron chi connectivity index (χ2n) is 4.43. The first-order valence-corrected chi connectivity index (χ1v) is 6.41. The molecule has 0 bridgehead atoms. The molecule has 4 nitrogen and oxygen atoms in total. The number of rotatable bonds is 6. The maximum Gasteiger partial charge on any atom is 0.236 e. The average Bonchev–Trinajstić information content (AvgIpc) is 2.39. The first-order valence-electron chi connectivity index (χ1n) is 6.41. The van der Waals surface area contributed by atoms with Crippen LogP contribution >= 0.6 is 0 Å². The summed E-state index contributed by atoms with van der Waals surface area (Å²) in [4.78, 5) is 13.0. The molecule has 0 spiro atoms. The Labute approximate surface area is 114 Å². The lowest BCUT2D eigenvalue weighted by Gasteiger charge is -2.16. The molecule has 0 N–H and O–H groups in total. The Balaban J connectivity index is 2.57. The summed E-state index contributed by atoms with van der Waals surface area (Å²) < 4.78 is 5.49. The summed E-state index contributed by atoms with van der Waals surface area (Å²) in [5, 5.41) is 8.48. The molecule has 0 saturated heterocycles. The Morgan fingerprint density at radius 2 is 2.21 bits per heavy atom. The van der Waals surface area contributed by atoms with E-state index in [-0.39, 0.29) is 12.3 Å². The lowest BCUT2D eigenvalue weighted by Crippen LogP contribution is -2.28. The molecule has 1 aromatic rings. The normalized spacial score (nSPS) is 9.79. The highest BCUT2D eigenvalue weighted by Gasteiger charge is 2.08. The largest absolute Gasteiger partial charge is 0.494 e. The number of likely N-dealkylation sites (N-methyl/N-ethyl adjacent to an activating group) is 1. The predicted octanol–water partition coefficient (Wildman–Crippen LogP) is 2.31. The van der Waals surface area contributed by atoms with Crippen LogP contribution in [0.4, 0.5) is 0 Å². The first-order chi connectivity index (χ1) is 9.08. The van der Waals surface area contributed by atoms with Crippen LogP contribution in [-0.4, -0.2) is 31.0 Å². The molecule has 0 aliphatic heterocycles. The summed E-state index contributed by atoms with van der Waals surface area (Å²) in [5.74, 6) is 0.769. The molecule has 19 heavy (non-hydrogen) atoms. The SMILES string of the molecule is CCOc1ccc(CCN(C)C(=O)CC#N)cc1C. The van der Waals surface area contributed by atoms with E-state index in [0.29, 0.717) is 13.2 Å². The van der Waals surface area contributed by atoms with Crippen molar-refractivity contribution in [3.8, 4) is 11.8 Å². The molecule has 0 aliphatic rings. The summed E-state index contributed by atoms with van der Waals surface area (Å²) in [6.07, 6.45) is 0.722. The van der Waals surface area contributed by atoms with Gasteiger partial charge in [-0.15, -0.1) is 0 Å². The topological polar surface area (TPSA) is 53.3 Å². The molecule has 1 aromatic carbocycles. The smallest absolute Gasteiger partial charge is 0.236 e.